The number of nitrogens with zero attached hydrogens (tertiary/aromatic N) is 1. The molecule has 0 saturated carbocycles. The van der Waals surface area contributed by atoms with Gasteiger partial charge in [0.25, 0.3) is 0 Å². The van der Waals surface area contributed by atoms with E-state index in [1.54, 1.807) is 24.3 Å². The maximum absolute atomic E-state index is 13.0. The van der Waals surface area contributed by atoms with Crippen LogP contribution in [0.15, 0.2) is 53.4 Å². The van der Waals surface area contributed by atoms with Gasteiger partial charge in [0.2, 0.25) is 15.9 Å². The van der Waals surface area contributed by atoms with Crippen molar-refractivity contribution >= 4 is 21.6 Å². The first-order valence-electron chi connectivity index (χ1n) is 9.62. The predicted octanol–water partition coefficient (Wildman–Crippen LogP) is 3.13. The fourth-order valence-electron chi connectivity index (χ4n) is 3.36. The Morgan fingerprint density at radius 2 is 1.90 bits per heavy atom. The molecule has 1 atom stereocenters. The first-order valence-corrected chi connectivity index (χ1v) is 11.1. The van der Waals surface area contributed by atoms with Crippen LogP contribution in [0.4, 0.5) is 5.69 Å². The average molecular weight is 419 g/mol. The maximum Gasteiger partial charge on any atom is 0.243 e. The molecule has 0 bridgehead atoms. The third-order valence-corrected chi connectivity index (χ3v) is 6.78. The standard InChI is InChI=1S/C21H26N2O5S/c1-3-28-20-9-5-4-8-19(20)22-21(24)16-7-6-14-23(15-16)29(25,26)18-12-10-17(27-2)11-13-18/h4-5,8-13,16H,3,6-7,14-15H2,1-2H3,(H,22,24)/t16-/m1/s1. The summed E-state index contributed by atoms with van der Waals surface area (Å²) in [6.45, 7) is 2.91. The number of amides is 1. The van der Waals surface area contributed by atoms with Crippen LogP contribution in [0, 0.1) is 5.92 Å². The van der Waals surface area contributed by atoms with Gasteiger partial charge in [0.15, 0.2) is 0 Å². The van der Waals surface area contributed by atoms with E-state index in [1.165, 1.54) is 23.5 Å². The van der Waals surface area contributed by atoms with Crippen LogP contribution in [0.1, 0.15) is 19.8 Å². The van der Waals surface area contributed by atoms with Gasteiger partial charge in [-0.15, -0.1) is 0 Å². The molecule has 0 aromatic heterocycles. The van der Waals surface area contributed by atoms with E-state index >= 15 is 0 Å². The minimum absolute atomic E-state index is 0.150. The van der Waals surface area contributed by atoms with Crippen LogP contribution in [0.3, 0.4) is 0 Å². The first kappa shape index (κ1) is 21.1. The van der Waals surface area contributed by atoms with Gasteiger partial charge in [0.1, 0.15) is 11.5 Å². The van der Waals surface area contributed by atoms with Crippen molar-refractivity contribution in [1.82, 2.24) is 4.31 Å². The Hall–Kier alpha value is -2.58. The Balaban J connectivity index is 1.72. The van der Waals surface area contributed by atoms with Gasteiger partial charge in [0.05, 0.1) is 30.2 Å². The number of carbonyl (C=O) groups excluding carboxylic acids is 1. The molecule has 1 fully saturated rings. The minimum atomic E-state index is -3.67. The summed E-state index contributed by atoms with van der Waals surface area (Å²) in [5.74, 6) is 0.563. The van der Waals surface area contributed by atoms with Crippen molar-refractivity contribution < 1.29 is 22.7 Å². The zero-order valence-electron chi connectivity index (χ0n) is 16.6. The van der Waals surface area contributed by atoms with Gasteiger partial charge in [-0.05, 0) is 56.2 Å². The largest absolute Gasteiger partial charge is 0.497 e. The highest BCUT2D eigenvalue weighted by Crippen LogP contribution is 2.28. The van der Waals surface area contributed by atoms with Crippen LogP contribution in [0.25, 0.3) is 0 Å². The summed E-state index contributed by atoms with van der Waals surface area (Å²) >= 11 is 0. The van der Waals surface area contributed by atoms with Crippen LogP contribution >= 0.6 is 0 Å². The number of methoxy groups -OCH3 is 1. The quantitative estimate of drug-likeness (QED) is 0.747. The van der Waals surface area contributed by atoms with Gasteiger partial charge in [-0.25, -0.2) is 8.42 Å². The maximum atomic E-state index is 13.0. The summed E-state index contributed by atoms with van der Waals surface area (Å²) in [6, 6.07) is 13.5. The van der Waals surface area contributed by atoms with Crippen LogP contribution in [0.5, 0.6) is 11.5 Å². The molecule has 7 nitrogen and oxygen atoms in total. The van der Waals surface area contributed by atoms with Crippen LogP contribution in [-0.2, 0) is 14.8 Å². The summed E-state index contributed by atoms with van der Waals surface area (Å²) in [6.07, 6.45) is 1.26. The van der Waals surface area contributed by atoms with E-state index in [2.05, 4.69) is 5.32 Å². The fraction of sp³-hybridized carbons (Fsp3) is 0.381. The lowest BCUT2D eigenvalue weighted by Crippen LogP contribution is -2.43. The average Bonchev–Trinajstić information content (AvgIpc) is 2.75. The van der Waals surface area contributed by atoms with Gasteiger partial charge >= 0.3 is 0 Å². The molecule has 2 aromatic carbocycles. The molecule has 0 aliphatic carbocycles. The Morgan fingerprint density at radius 3 is 2.59 bits per heavy atom. The highest BCUT2D eigenvalue weighted by Gasteiger charge is 2.33. The molecular formula is C21H26N2O5S. The number of anilines is 1. The van der Waals surface area contributed by atoms with E-state index in [0.29, 0.717) is 43.2 Å². The second kappa shape index (κ2) is 9.28. The van der Waals surface area contributed by atoms with E-state index in [-0.39, 0.29) is 17.3 Å². The molecular weight excluding hydrogens is 392 g/mol. The molecule has 0 spiro atoms. The number of carbonyl (C=O) groups is 1. The Labute approximate surface area is 171 Å². The molecule has 0 radical (unpaired) electrons. The second-order valence-corrected chi connectivity index (χ2v) is 8.73. The van der Waals surface area contributed by atoms with Crippen LogP contribution in [-0.4, -0.2) is 45.4 Å². The molecule has 0 unspecified atom stereocenters. The molecule has 3 rings (SSSR count). The summed E-state index contributed by atoms with van der Waals surface area (Å²) in [7, 11) is -2.14. The van der Waals surface area contributed by atoms with Crippen molar-refractivity contribution in [2.45, 2.75) is 24.7 Å². The van der Waals surface area contributed by atoms with Crippen molar-refractivity contribution in [1.29, 1.82) is 0 Å². The molecule has 8 heteroatoms. The lowest BCUT2D eigenvalue weighted by atomic mass is 9.98. The molecule has 156 valence electrons. The van der Waals surface area contributed by atoms with Crippen molar-refractivity contribution in [2.75, 3.05) is 32.1 Å². The van der Waals surface area contributed by atoms with Crippen molar-refractivity contribution in [2.24, 2.45) is 5.92 Å². The number of nitrogens with one attached hydrogen (secondary N) is 1. The number of rotatable bonds is 7. The zero-order chi connectivity index (χ0) is 20.9. The van der Waals surface area contributed by atoms with Gasteiger partial charge in [-0.2, -0.15) is 4.31 Å². The lowest BCUT2D eigenvalue weighted by molar-refractivity contribution is -0.120. The monoisotopic (exact) mass is 418 g/mol. The minimum Gasteiger partial charge on any atom is -0.497 e. The normalized spacial score (nSPS) is 17.5. The summed E-state index contributed by atoms with van der Waals surface area (Å²) in [4.78, 5) is 13.0. The number of hydrogen-bond donors (Lipinski definition) is 1. The summed E-state index contributed by atoms with van der Waals surface area (Å²) in [5, 5.41) is 2.89. The Morgan fingerprint density at radius 1 is 1.17 bits per heavy atom. The summed E-state index contributed by atoms with van der Waals surface area (Å²) < 4.78 is 38.0. The van der Waals surface area contributed by atoms with Crippen LogP contribution < -0.4 is 14.8 Å². The summed E-state index contributed by atoms with van der Waals surface area (Å²) in [5.41, 5.74) is 0.592. The molecule has 1 saturated heterocycles. The number of benzene rings is 2. The van der Waals surface area contributed by atoms with Crippen molar-refractivity contribution in [3.8, 4) is 11.5 Å². The smallest absolute Gasteiger partial charge is 0.243 e. The molecule has 1 N–H and O–H groups in total. The fourth-order valence-corrected chi connectivity index (χ4v) is 4.88. The first-order chi connectivity index (χ1) is 14.0. The van der Waals surface area contributed by atoms with Gasteiger partial charge in [0, 0.05) is 13.1 Å². The van der Waals surface area contributed by atoms with E-state index in [1.807, 2.05) is 19.1 Å². The van der Waals surface area contributed by atoms with Crippen molar-refractivity contribution in [3.63, 3.8) is 0 Å². The number of hydrogen-bond acceptors (Lipinski definition) is 5. The van der Waals surface area contributed by atoms with Gasteiger partial charge < -0.3 is 14.8 Å². The van der Waals surface area contributed by atoms with E-state index in [0.717, 1.165) is 0 Å². The van der Waals surface area contributed by atoms with Crippen LogP contribution in [0.2, 0.25) is 0 Å². The topological polar surface area (TPSA) is 84.9 Å². The van der Waals surface area contributed by atoms with Gasteiger partial charge in [-0.3, -0.25) is 4.79 Å². The molecule has 1 aliphatic heterocycles. The second-order valence-electron chi connectivity index (χ2n) is 6.80. The zero-order valence-corrected chi connectivity index (χ0v) is 17.4. The van der Waals surface area contributed by atoms with Gasteiger partial charge in [-0.1, -0.05) is 12.1 Å². The molecule has 1 amide bonds. The Bertz CT molecular complexity index is 944. The highest BCUT2D eigenvalue weighted by molar-refractivity contribution is 7.89. The molecule has 29 heavy (non-hydrogen) atoms. The third kappa shape index (κ3) is 4.89. The van der Waals surface area contributed by atoms with E-state index in [4.69, 9.17) is 9.47 Å². The number of sulfonamides is 1. The number of piperidine rings is 1. The Kier molecular flexibility index (Phi) is 6.76. The molecule has 2 aromatic rings. The number of para-hydroxylation sites is 2. The van der Waals surface area contributed by atoms with Crippen molar-refractivity contribution in [3.05, 3.63) is 48.5 Å². The van der Waals surface area contributed by atoms with E-state index in [9.17, 15) is 13.2 Å². The third-order valence-electron chi connectivity index (χ3n) is 4.90. The van der Waals surface area contributed by atoms with E-state index < -0.39 is 15.9 Å². The SMILES string of the molecule is CCOc1ccccc1NC(=O)[C@@H]1CCCN(S(=O)(=O)c2ccc(OC)cc2)C1. The molecule has 1 aliphatic rings. The highest BCUT2D eigenvalue weighted by atomic mass is 32.2. The molecule has 1 heterocycles. The predicted molar refractivity (Wildman–Crippen MR) is 111 cm³/mol. The lowest BCUT2D eigenvalue weighted by Gasteiger charge is -2.31. The number of ether oxygens (including phenoxy) is 2.